The van der Waals surface area contributed by atoms with Crippen LogP contribution in [0.4, 0.5) is 0 Å². The van der Waals surface area contributed by atoms with Crippen LogP contribution >= 0.6 is 0 Å². The molecular weight excluding hydrogens is 346 g/mol. The van der Waals surface area contributed by atoms with Crippen molar-refractivity contribution in [1.29, 1.82) is 10.7 Å². The normalized spacial score (nSPS) is 15.0. The molecule has 28 heavy (non-hydrogen) atoms. The van der Waals surface area contributed by atoms with E-state index in [0.717, 1.165) is 42.4 Å². The smallest absolute Gasteiger partial charge is 0.195 e. The van der Waals surface area contributed by atoms with Crippen molar-refractivity contribution in [3.05, 3.63) is 71.7 Å². The first-order valence-corrected chi connectivity index (χ1v) is 9.72. The Morgan fingerprint density at radius 2 is 2.14 bits per heavy atom. The monoisotopic (exact) mass is 375 g/mol. The van der Waals surface area contributed by atoms with Gasteiger partial charge in [0.2, 0.25) is 0 Å². The Balaban J connectivity index is 2.44. The minimum absolute atomic E-state index is 0.347. The van der Waals surface area contributed by atoms with Gasteiger partial charge < -0.3 is 15.5 Å². The zero-order valence-electron chi connectivity index (χ0n) is 17.0. The lowest BCUT2D eigenvalue weighted by Crippen LogP contribution is -2.15. The fourth-order valence-corrected chi connectivity index (χ4v) is 2.74. The molecule has 0 atom stereocenters. The highest BCUT2D eigenvalue weighted by Crippen LogP contribution is 2.33. The number of rotatable bonds is 10. The molecule has 0 aromatic heterocycles. The van der Waals surface area contributed by atoms with Crippen molar-refractivity contribution in [3.8, 4) is 11.8 Å². The lowest BCUT2D eigenvalue weighted by Gasteiger charge is -2.16. The molecule has 0 saturated heterocycles. The first-order valence-electron chi connectivity index (χ1n) is 9.72. The second kappa shape index (κ2) is 10.3. The molecule has 1 aromatic rings. The first kappa shape index (κ1) is 21.2. The fraction of sp³-hybridized carbons (Fsp3) is 0.333. The van der Waals surface area contributed by atoms with Crippen LogP contribution in [0.2, 0.25) is 0 Å². The van der Waals surface area contributed by atoms with Gasteiger partial charge in [0.05, 0.1) is 11.6 Å². The third-order valence-electron chi connectivity index (χ3n) is 4.62. The van der Waals surface area contributed by atoms with Gasteiger partial charge in [0.25, 0.3) is 0 Å². The maximum atomic E-state index is 9.32. The standard InChI is InChI=1S/C24H29N3O/c1-5-7-19(10-8-17(3)6-2)21-13-9-18(16-25)14-23(21)28-24(27-4)15-22(26)20-11-12-20/h6,8-10,13-15,20,26-27H,2,5,7,11-12H2,1,3-4H3/b17-8-,19-10+,24-15+,26-22?. The summed E-state index contributed by atoms with van der Waals surface area (Å²) in [5.41, 5.74) is 4.29. The maximum absolute atomic E-state index is 9.32. The average Bonchev–Trinajstić information content (AvgIpc) is 3.55. The van der Waals surface area contributed by atoms with E-state index in [1.807, 2.05) is 31.2 Å². The third-order valence-corrected chi connectivity index (χ3v) is 4.62. The summed E-state index contributed by atoms with van der Waals surface area (Å²) >= 11 is 0. The van der Waals surface area contributed by atoms with Gasteiger partial charge in [0.1, 0.15) is 5.75 Å². The molecule has 4 heteroatoms. The molecule has 1 aromatic carbocycles. The van der Waals surface area contributed by atoms with Gasteiger partial charge in [-0.3, -0.25) is 0 Å². The van der Waals surface area contributed by atoms with Gasteiger partial charge in [0.15, 0.2) is 5.88 Å². The summed E-state index contributed by atoms with van der Waals surface area (Å²) in [5.74, 6) is 1.48. The van der Waals surface area contributed by atoms with E-state index in [2.05, 4.69) is 31.0 Å². The van der Waals surface area contributed by atoms with Crippen molar-refractivity contribution < 1.29 is 4.74 Å². The van der Waals surface area contributed by atoms with Gasteiger partial charge in [-0.2, -0.15) is 5.26 Å². The van der Waals surface area contributed by atoms with Crippen LogP contribution in [0.1, 0.15) is 50.7 Å². The Bertz CT molecular complexity index is 864. The van der Waals surface area contributed by atoms with Crippen LogP contribution < -0.4 is 10.1 Å². The summed E-state index contributed by atoms with van der Waals surface area (Å²) in [4.78, 5) is 0. The summed E-state index contributed by atoms with van der Waals surface area (Å²) in [6, 6.07) is 7.68. The van der Waals surface area contributed by atoms with Gasteiger partial charge in [-0.25, -0.2) is 0 Å². The highest BCUT2D eigenvalue weighted by atomic mass is 16.5. The molecule has 0 spiro atoms. The van der Waals surface area contributed by atoms with Crippen LogP contribution in [0.15, 0.2) is 60.5 Å². The summed E-state index contributed by atoms with van der Waals surface area (Å²) in [6.07, 6.45) is 11.7. The van der Waals surface area contributed by atoms with Crippen molar-refractivity contribution in [3.63, 3.8) is 0 Å². The van der Waals surface area contributed by atoms with Gasteiger partial charge in [-0.15, -0.1) is 0 Å². The third kappa shape index (κ3) is 5.99. The van der Waals surface area contributed by atoms with Crippen molar-refractivity contribution in [2.45, 2.75) is 39.5 Å². The van der Waals surface area contributed by atoms with Crippen molar-refractivity contribution in [2.75, 3.05) is 7.05 Å². The molecule has 146 valence electrons. The first-order chi connectivity index (χ1) is 13.5. The predicted octanol–water partition coefficient (Wildman–Crippen LogP) is 5.74. The molecule has 1 aliphatic carbocycles. The van der Waals surface area contributed by atoms with E-state index >= 15 is 0 Å². The minimum atomic E-state index is 0.347. The summed E-state index contributed by atoms with van der Waals surface area (Å²) in [7, 11) is 1.78. The molecule has 2 rings (SSSR count). The molecule has 0 aliphatic heterocycles. The fourth-order valence-electron chi connectivity index (χ4n) is 2.74. The molecule has 2 N–H and O–H groups in total. The van der Waals surface area contributed by atoms with Crippen LogP contribution in [0.25, 0.3) is 5.57 Å². The van der Waals surface area contributed by atoms with Crippen molar-refractivity contribution in [2.24, 2.45) is 5.92 Å². The van der Waals surface area contributed by atoms with Gasteiger partial charge in [-0.1, -0.05) is 43.7 Å². The van der Waals surface area contributed by atoms with Crippen LogP contribution in [0.5, 0.6) is 5.75 Å². The molecule has 0 bridgehead atoms. The zero-order chi connectivity index (χ0) is 20.5. The molecule has 0 heterocycles. The molecule has 1 aliphatic rings. The van der Waals surface area contributed by atoms with Crippen LogP contribution in [0.3, 0.4) is 0 Å². The molecule has 4 nitrogen and oxygen atoms in total. The van der Waals surface area contributed by atoms with Crippen LogP contribution in [-0.2, 0) is 0 Å². The lowest BCUT2D eigenvalue weighted by atomic mass is 9.98. The minimum Gasteiger partial charge on any atom is -0.441 e. The number of ether oxygens (including phenoxy) is 1. The molecular formula is C24H29N3O. The highest BCUT2D eigenvalue weighted by Gasteiger charge is 2.25. The Morgan fingerprint density at radius 3 is 2.71 bits per heavy atom. The Hall–Kier alpha value is -3.06. The van der Waals surface area contributed by atoms with E-state index in [9.17, 15) is 5.26 Å². The number of nitrogens with one attached hydrogen (secondary N) is 2. The van der Waals surface area contributed by atoms with Gasteiger partial charge in [-0.05, 0) is 50.0 Å². The van der Waals surface area contributed by atoms with E-state index in [-0.39, 0.29) is 0 Å². The number of benzene rings is 1. The predicted molar refractivity (Wildman–Crippen MR) is 116 cm³/mol. The number of nitriles is 1. The quantitative estimate of drug-likeness (QED) is 0.311. The van der Waals surface area contributed by atoms with Gasteiger partial charge in [0, 0.05) is 30.3 Å². The van der Waals surface area contributed by atoms with Crippen LogP contribution in [-0.4, -0.2) is 12.8 Å². The summed E-state index contributed by atoms with van der Waals surface area (Å²) in [5, 5.41) is 20.5. The Kier molecular flexibility index (Phi) is 7.83. The van der Waals surface area contributed by atoms with E-state index in [0.29, 0.717) is 28.8 Å². The average molecular weight is 376 g/mol. The highest BCUT2D eigenvalue weighted by molar-refractivity contribution is 5.96. The second-order valence-electron chi connectivity index (χ2n) is 6.97. The number of nitrogens with zero attached hydrogens (tertiary/aromatic N) is 1. The molecule has 1 saturated carbocycles. The number of allylic oxidation sites excluding steroid dienone is 6. The maximum Gasteiger partial charge on any atom is 0.195 e. The number of hydrogen-bond acceptors (Lipinski definition) is 4. The molecule has 0 amide bonds. The van der Waals surface area contributed by atoms with E-state index in [1.165, 1.54) is 0 Å². The SMILES string of the molecule is C=C/C(C)=C\C=C(/CCC)c1ccc(C#N)cc1O/C(=C/C(=N)C1CC1)NC. The lowest BCUT2D eigenvalue weighted by molar-refractivity contribution is 0.391. The zero-order valence-corrected chi connectivity index (χ0v) is 17.0. The second-order valence-corrected chi connectivity index (χ2v) is 6.97. The largest absolute Gasteiger partial charge is 0.441 e. The van der Waals surface area contributed by atoms with E-state index < -0.39 is 0 Å². The van der Waals surface area contributed by atoms with E-state index in [1.54, 1.807) is 19.2 Å². The Labute approximate surface area is 168 Å². The number of hydrogen-bond donors (Lipinski definition) is 2. The summed E-state index contributed by atoms with van der Waals surface area (Å²) in [6.45, 7) is 7.95. The van der Waals surface area contributed by atoms with Gasteiger partial charge >= 0.3 is 0 Å². The van der Waals surface area contributed by atoms with Crippen LogP contribution in [0, 0.1) is 22.7 Å². The van der Waals surface area contributed by atoms with Crippen molar-refractivity contribution >= 4 is 11.3 Å². The molecule has 0 unspecified atom stereocenters. The summed E-state index contributed by atoms with van der Waals surface area (Å²) < 4.78 is 6.12. The molecule has 0 radical (unpaired) electrons. The van der Waals surface area contributed by atoms with E-state index in [4.69, 9.17) is 10.1 Å². The molecule has 1 fully saturated rings. The Morgan fingerprint density at radius 1 is 1.39 bits per heavy atom. The topological polar surface area (TPSA) is 68.9 Å². The van der Waals surface area contributed by atoms with Crippen molar-refractivity contribution in [1.82, 2.24) is 5.32 Å².